The van der Waals surface area contributed by atoms with E-state index in [2.05, 4.69) is 20.4 Å². The highest BCUT2D eigenvalue weighted by molar-refractivity contribution is 6.35. The highest BCUT2D eigenvalue weighted by Gasteiger charge is 2.44. The molecule has 0 saturated heterocycles. The molecule has 0 bridgehead atoms. The van der Waals surface area contributed by atoms with Crippen molar-refractivity contribution in [3.05, 3.63) is 47.2 Å². The number of benzene rings is 1. The van der Waals surface area contributed by atoms with Crippen LogP contribution in [0.1, 0.15) is 31.0 Å². The van der Waals surface area contributed by atoms with Crippen molar-refractivity contribution < 1.29 is 14.1 Å². The zero-order valence-corrected chi connectivity index (χ0v) is 14.9. The fourth-order valence-electron chi connectivity index (χ4n) is 3.10. The lowest BCUT2D eigenvalue weighted by Crippen LogP contribution is -2.52. The van der Waals surface area contributed by atoms with Gasteiger partial charge in [0.1, 0.15) is 16.8 Å². The summed E-state index contributed by atoms with van der Waals surface area (Å²) in [6.07, 6.45) is 4.22. The molecule has 0 radical (unpaired) electrons. The molecule has 1 saturated carbocycles. The predicted molar refractivity (Wildman–Crippen MR) is 95.0 cm³/mol. The standard InChI is InChI=1S/C18H17ClN4O3/c1-11-21-17(23-26-11)18(7-3-8-18)22-15(24)10-25-14-6-5-13(19)12-4-2-9-20-16(12)14/h2,4-6,9H,3,7-8,10H2,1H3,(H,22,24). The van der Waals surface area contributed by atoms with Crippen molar-refractivity contribution in [1.29, 1.82) is 0 Å². The highest BCUT2D eigenvalue weighted by atomic mass is 35.5. The van der Waals surface area contributed by atoms with Crippen molar-refractivity contribution in [2.24, 2.45) is 0 Å². The fourth-order valence-corrected chi connectivity index (χ4v) is 3.32. The Morgan fingerprint density at radius 3 is 2.92 bits per heavy atom. The number of ether oxygens (including phenoxy) is 1. The maximum absolute atomic E-state index is 12.4. The summed E-state index contributed by atoms with van der Waals surface area (Å²) >= 11 is 6.18. The van der Waals surface area contributed by atoms with Gasteiger partial charge in [0.15, 0.2) is 12.4 Å². The third-order valence-electron chi connectivity index (χ3n) is 4.58. The Hall–Kier alpha value is -2.67. The number of carbonyl (C=O) groups excluding carboxylic acids is 1. The summed E-state index contributed by atoms with van der Waals surface area (Å²) in [6, 6.07) is 7.11. The van der Waals surface area contributed by atoms with Gasteiger partial charge >= 0.3 is 0 Å². The third-order valence-corrected chi connectivity index (χ3v) is 4.91. The molecule has 26 heavy (non-hydrogen) atoms. The monoisotopic (exact) mass is 372 g/mol. The van der Waals surface area contributed by atoms with E-state index in [0.29, 0.717) is 28.0 Å². The second-order valence-electron chi connectivity index (χ2n) is 6.35. The van der Waals surface area contributed by atoms with Crippen LogP contribution < -0.4 is 10.1 Å². The van der Waals surface area contributed by atoms with E-state index in [1.54, 1.807) is 31.3 Å². The van der Waals surface area contributed by atoms with Gasteiger partial charge in [-0.25, -0.2) is 0 Å². The van der Waals surface area contributed by atoms with Crippen molar-refractivity contribution in [2.75, 3.05) is 6.61 Å². The molecule has 0 aliphatic heterocycles. The van der Waals surface area contributed by atoms with Gasteiger partial charge in [-0.05, 0) is 43.5 Å². The lowest BCUT2D eigenvalue weighted by atomic mass is 9.76. The number of fused-ring (bicyclic) bond motifs is 1. The normalized spacial score (nSPS) is 15.5. The Balaban J connectivity index is 1.47. The molecule has 0 unspecified atom stereocenters. The summed E-state index contributed by atoms with van der Waals surface area (Å²) in [4.78, 5) is 21.0. The molecule has 3 aromatic rings. The molecular weight excluding hydrogens is 356 g/mol. The summed E-state index contributed by atoms with van der Waals surface area (Å²) in [5.74, 6) is 1.27. The molecule has 1 aromatic carbocycles. The first kappa shape index (κ1) is 16.8. The van der Waals surface area contributed by atoms with Gasteiger partial charge in [0.05, 0.1) is 5.02 Å². The van der Waals surface area contributed by atoms with E-state index in [1.807, 2.05) is 6.07 Å². The largest absolute Gasteiger partial charge is 0.481 e. The topological polar surface area (TPSA) is 90.1 Å². The van der Waals surface area contributed by atoms with E-state index in [0.717, 1.165) is 24.6 Å². The van der Waals surface area contributed by atoms with Crippen molar-refractivity contribution in [1.82, 2.24) is 20.4 Å². The van der Waals surface area contributed by atoms with Crippen LogP contribution in [0.2, 0.25) is 5.02 Å². The zero-order chi connectivity index (χ0) is 18.1. The smallest absolute Gasteiger partial charge is 0.258 e. The number of aromatic nitrogens is 3. The van der Waals surface area contributed by atoms with Gasteiger partial charge in [0.2, 0.25) is 5.89 Å². The van der Waals surface area contributed by atoms with Gasteiger partial charge in [-0.1, -0.05) is 16.8 Å². The number of hydrogen-bond acceptors (Lipinski definition) is 6. The first-order chi connectivity index (χ1) is 12.6. The molecule has 1 aliphatic rings. The quantitative estimate of drug-likeness (QED) is 0.739. The average molecular weight is 373 g/mol. The van der Waals surface area contributed by atoms with E-state index in [9.17, 15) is 4.79 Å². The van der Waals surface area contributed by atoms with Crippen LogP contribution in [0.5, 0.6) is 5.75 Å². The Labute approximate surface area is 154 Å². The Morgan fingerprint density at radius 1 is 1.38 bits per heavy atom. The van der Waals surface area contributed by atoms with Crippen molar-refractivity contribution >= 4 is 28.4 Å². The molecule has 1 aliphatic carbocycles. The lowest BCUT2D eigenvalue weighted by Gasteiger charge is -2.39. The summed E-state index contributed by atoms with van der Waals surface area (Å²) in [5.41, 5.74) is 0.0679. The molecule has 2 heterocycles. The molecule has 1 amide bonds. The van der Waals surface area contributed by atoms with Gasteiger partial charge < -0.3 is 14.6 Å². The number of carbonyl (C=O) groups is 1. The Morgan fingerprint density at radius 2 is 2.23 bits per heavy atom. The lowest BCUT2D eigenvalue weighted by molar-refractivity contribution is -0.126. The number of rotatable bonds is 5. The second-order valence-corrected chi connectivity index (χ2v) is 6.76. The van der Waals surface area contributed by atoms with E-state index >= 15 is 0 Å². The molecular formula is C18H17ClN4O3. The SMILES string of the molecule is Cc1nc(C2(NC(=O)COc3ccc(Cl)c4cccnc34)CCC2)no1. The molecule has 8 heteroatoms. The van der Waals surface area contributed by atoms with Crippen LogP contribution in [0, 0.1) is 6.92 Å². The van der Waals surface area contributed by atoms with Crippen molar-refractivity contribution in [3.63, 3.8) is 0 Å². The summed E-state index contributed by atoms with van der Waals surface area (Å²) in [5, 5.41) is 8.33. The first-order valence-electron chi connectivity index (χ1n) is 8.35. The van der Waals surface area contributed by atoms with E-state index in [4.69, 9.17) is 20.9 Å². The van der Waals surface area contributed by atoms with Crippen LogP contribution in [-0.2, 0) is 10.3 Å². The molecule has 4 rings (SSSR count). The molecule has 0 atom stereocenters. The molecule has 7 nitrogen and oxygen atoms in total. The molecule has 134 valence electrons. The van der Waals surface area contributed by atoms with Crippen LogP contribution in [0.25, 0.3) is 10.9 Å². The van der Waals surface area contributed by atoms with Crippen LogP contribution in [0.3, 0.4) is 0 Å². The van der Waals surface area contributed by atoms with Gasteiger partial charge in [-0.15, -0.1) is 0 Å². The predicted octanol–water partition coefficient (Wildman–Crippen LogP) is 3.15. The van der Waals surface area contributed by atoms with Crippen LogP contribution >= 0.6 is 11.6 Å². The zero-order valence-electron chi connectivity index (χ0n) is 14.2. The average Bonchev–Trinajstić information content (AvgIpc) is 3.04. The maximum atomic E-state index is 12.4. The highest BCUT2D eigenvalue weighted by Crippen LogP contribution is 2.39. The van der Waals surface area contributed by atoms with Gasteiger partial charge in [-0.2, -0.15) is 4.98 Å². The second kappa shape index (κ2) is 6.57. The number of hydrogen-bond donors (Lipinski definition) is 1. The Bertz CT molecular complexity index is 968. The summed E-state index contributed by atoms with van der Waals surface area (Å²) < 4.78 is 10.7. The van der Waals surface area contributed by atoms with E-state index in [-0.39, 0.29) is 12.5 Å². The first-order valence-corrected chi connectivity index (χ1v) is 8.73. The fraction of sp³-hybridized carbons (Fsp3) is 0.333. The number of nitrogens with zero attached hydrogens (tertiary/aromatic N) is 3. The third kappa shape index (κ3) is 2.99. The minimum Gasteiger partial charge on any atom is -0.481 e. The molecule has 1 fully saturated rings. The van der Waals surface area contributed by atoms with Crippen LogP contribution in [-0.4, -0.2) is 27.6 Å². The summed E-state index contributed by atoms with van der Waals surface area (Å²) in [7, 11) is 0. The molecule has 2 aromatic heterocycles. The van der Waals surface area contributed by atoms with Gasteiger partial charge in [-0.3, -0.25) is 9.78 Å². The van der Waals surface area contributed by atoms with Gasteiger partial charge in [0.25, 0.3) is 5.91 Å². The summed E-state index contributed by atoms with van der Waals surface area (Å²) in [6.45, 7) is 1.60. The number of pyridine rings is 1. The minimum absolute atomic E-state index is 0.133. The minimum atomic E-state index is -0.557. The Kier molecular flexibility index (Phi) is 4.24. The van der Waals surface area contributed by atoms with Crippen LogP contribution in [0.15, 0.2) is 35.0 Å². The number of nitrogens with one attached hydrogen (secondary N) is 1. The number of aryl methyl sites for hydroxylation is 1. The van der Waals surface area contributed by atoms with Crippen molar-refractivity contribution in [2.45, 2.75) is 31.7 Å². The van der Waals surface area contributed by atoms with E-state index < -0.39 is 5.54 Å². The maximum Gasteiger partial charge on any atom is 0.258 e. The van der Waals surface area contributed by atoms with Crippen molar-refractivity contribution in [3.8, 4) is 5.75 Å². The van der Waals surface area contributed by atoms with Gasteiger partial charge in [0, 0.05) is 18.5 Å². The van der Waals surface area contributed by atoms with Crippen LogP contribution in [0.4, 0.5) is 0 Å². The number of amides is 1. The molecule has 1 N–H and O–H groups in total. The number of halogens is 1. The van der Waals surface area contributed by atoms with E-state index in [1.165, 1.54) is 0 Å². The molecule has 0 spiro atoms.